The summed E-state index contributed by atoms with van der Waals surface area (Å²) in [6.07, 6.45) is 2.90. The zero-order chi connectivity index (χ0) is 16.4. The Morgan fingerprint density at radius 1 is 1.04 bits per heavy atom. The van der Waals surface area contributed by atoms with Crippen LogP contribution in [-0.2, 0) is 6.42 Å². The molecule has 0 saturated heterocycles. The van der Waals surface area contributed by atoms with Crippen molar-refractivity contribution in [2.24, 2.45) is 9.98 Å². The highest BCUT2D eigenvalue weighted by Crippen LogP contribution is 2.26. The third kappa shape index (κ3) is 2.78. The number of rotatable bonds is 5. The molecule has 0 radical (unpaired) electrons. The molecule has 2 heterocycles. The van der Waals surface area contributed by atoms with Crippen LogP contribution in [0.25, 0.3) is 0 Å². The second-order valence-corrected chi connectivity index (χ2v) is 5.79. The summed E-state index contributed by atoms with van der Waals surface area (Å²) in [5.41, 5.74) is 1.63. The summed E-state index contributed by atoms with van der Waals surface area (Å²) >= 11 is 0. The largest absolute Gasteiger partial charge is 0.411 e. The van der Waals surface area contributed by atoms with Crippen molar-refractivity contribution in [3.05, 3.63) is 71.2 Å². The normalized spacial score (nSPS) is 14.5. The van der Waals surface area contributed by atoms with Crippen LogP contribution < -0.4 is 16.0 Å². The van der Waals surface area contributed by atoms with Gasteiger partial charge >= 0.3 is 6.01 Å². The van der Waals surface area contributed by atoms with Gasteiger partial charge in [-0.25, -0.2) is 0 Å². The molecule has 6 nitrogen and oxygen atoms in total. The number of nitrogens with zero attached hydrogens (tertiary/aromatic N) is 4. The van der Waals surface area contributed by atoms with E-state index in [1.807, 2.05) is 36.4 Å². The lowest BCUT2D eigenvalue weighted by Gasteiger charge is -2.21. The molecule has 24 heavy (non-hydrogen) atoms. The van der Waals surface area contributed by atoms with Crippen LogP contribution in [0.3, 0.4) is 0 Å². The summed E-state index contributed by atoms with van der Waals surface area (Å²) in [6.45, 7) is 2.12. The van der Waals surface area contributed by atoms with Crippen molar-refractivity contribution in [2.45, 2.75) is 25.4 Å². The van der Waals surface area contributed by atoms with Gasteiger partial charge in [0.15, 0.2) is 5.66 Å². The van der Waals surface area contributed by atoms with Crippen LogP contribution in [0.4, 0.5) is 11.7 Å². The first-order chi connectivity index (χ1) is 11.8. The molecule has 0 atom stereocenters. The first kappa shape index (κ1) is 14.6. The maximum Gasteiger partial charge on any atom is 0.319 e. The Morgan fingerprint density at radius 3 is 2.50 bits per heavy atom. The van der Waals surface area contributed by atoms with E-state index in [1.54, 1.807) is 0 Å². The van der Waals surface area contributed by atoms with E-state index < -0.39 is 5.66 Å². The number of benzene rings is 2. The van der Waals surface area contributed by atoms with Gasteiger partial charge in [0.2, 0.25) is 6.39 Å². The predicted octanol–water partition coefficient (Wildman–Crippen LogP) is 2.42. The van der Waals surface area contributed by atoms with Gasteiger partial charge in [-0.3, -0.25) is 9.98 Å². The fourth-order valence-electron chi connectivity index (χ4n) is 2.93. The summed E-state index contributed by atoms with van der Waals surface area (Å²) in [7, 11) is 0. The first-order valence-electron chi connectivity index (χ1n) is 7.93. The lowest BCUT2D eigenvalue weighted by molar-refractivity contribution is 0.427. The van der Waals surface area contributed by atoms with Crippen LogP contribution in [-0.4, -0.2) is 15.9 Å². The summed E-state index contributed by atoms with van der Waals surface area (Å²) in [5.74, 6) is 0. The van der Waals surface area contributed by atoms with Gasteiger partial charge in [0.25, 0.3) is 0 Å². The fourth-order valence-corrected chi connectivity index (χ4v) is 2.93. The molecule has 1 N–H and O–H groups in total. The number of anilines is 2. The molecule has 4 rings (SSSR count). The molecule has 0 fully saturated rings. The highest BCUT2D eigenvalue weighted by atomic mass is 16.4. The van der Waals surface area contributed by atoms with Gasteiger partial charge in [0.1, 0.15) is 0 Å². The molecule has 3 aromatic rings. The Balaban J connectivity index is 1.62. The smallest absolute Gasteiger partial charge is 0.319 e. The van der Waals surface area contributed by atoms with Gasteiger partial charge in [-0.1, -0.05) is 36.3 Å². The number of hydrogen-bond donors (Lipinski definition) is 1. The molecule has 120 valence electrons. The van der Waals surface area contributed by atoms with Crippen LogP contribution in [0.2, 0.25) is 0 Å². The Bertz CT molecular complexity index is 930. The van der Waals surface area contributed by atoms with Gasteiger partial charge in [-0.05, 0) is 36.2 Å². The second-order valence-electron chi connectivity index (χ2n) is 5.79. The zero-order valence-corrected chi connectivity index (χ0v) is 13.3. The molecule has 0 amide bonds. The molecular weight excluding hydrogens is 302 g/mol. The number of para-hydroxylation sites is 2. The molecule has 0 saturated carbocycles. The molecular formula is C18H17N5O. The van der Waals surface area contributed by atoms with Crippen LogP contribution in [0, 0.1) is 0 Å². The molecule has 1 aliphatic heterocycles. The van der Waals surface area contributed by atoms with Crippen molar-refractivity contribution in [2.75, 3.05) is 5.32 Å². The SMILES string of the molecule is CCC1(Cc2cccc(Nc3nnco3)c2)N=c2ccccc2=N1. The third-order valence-electron chi connectivity index (χ3n) is 4.13. The summed E-state index contributed by atoms with van der Waals surface area (Å²) < 4.78 is 5.12. The monoisotopic (exact) mass is 319 g/mol. The van der Waals surface area contributed by atoms with E-state index in [0.717, 1.165) is 34.8 Å². The second kappa shape index (κ2) is 5.88. The standard InChI is InChI=1S/C18H17N5O/c1-2-18(21-15-8-3-4-9-16(15)22-18)11-13-6-5-7-14(10-13)20-17-23-19-12-24-17/h3-10,12H,2,11H2,1H3,(H,20,23). The minimum Gasteiger partial charge on any atom is -0.411 e. The Labute approximate surface area is 139 Å². The average molecular weight is 319 g/mol. The van der Waals surface area contributed by atoms with Gasteiger partial charge in [0.05, 0.1) is 10.7 Å². The topological polar surface area (TPSA) is 75.7 Å². The lowest BCUT2D eigenvalue weighted by atomic mass is 9.98. The van der Waals surface area contributed by atoms with Crippen LogP contribution in [0.5, 0.6) is 0 Å². The van der Waals surface area contributed by atoms with Crippen molar-refractivity contribution in [3.8, 4) is 0 Å². The number of hydrogen-bond acceptors (Lipinski definition) is 6. The number of nitrogens with one attached hydrogen (secondary N) is 1. The maximum atomic E-state index is 5.12. The predicted molar refractivity (Wildman–Crippen MR) is 89.5 cm³/mol. The number of aromatic nitrogens is 2. The van der Waals surface area contributed by atoms with Crippen LogP contribution in [0.1, 0.15) is 18.9 Å². The highest BCUT2D eigenvalue weighted by Gasteiger charge is 2.29. The molecule has 1 aromatic heterocycles. The molecule has 0 unspecified atom stereocenters. The van der Waals surface area contributed by atoms with Gasteiger partial charge < -0.3 is 9.73 Å². The van der Waals surface area contributed by atoms with E-state index in [4.69, 9.17) is 14.4 Å². The lowest BCUT2D eigenvalue weighted by Crippen LogP contribution is -2.25. The minimum absolute atomic E-state index is 0.375. The van der Waals surface area contributed by atoms with Gasteiger partial charge in [-0.15, -0.1) is 5.10 Å². The van der Waals surface area contributed by atoms with Crippen molar-refractivity contribution in [1.29, 1.82) is 0 Å². The summed E-state index contributed by atoms with van der Waals surface area (Å²) in [5, 5.41) is 12.5. The van der Waals surface area contributed by atoms with E-state index >= 15 is 0 Å². The van der Waals surface area contributed by atoms with Crippen molar-refractivity contribution in [1.82, 2.24) is 10.2 Å². The Morgan fingerprint density at radius 2 is 1.83 bits per heavy atom. The first-order valence-corrected chi connectivity index (χ1v) is 7.93. The quantitative estimate of drug-likeness (QED) is 0.783. The molecule has 2 aromatic carbocycles. The van der Waals surface area contributed by atoms with Crippen LogP contribution in [0.15, 0.2) is 69.3 Å². The summed E-state index contributed by atoms with van der Waals surface area (Å²) in [4.78, 5) is 9.75. The van der Waals surface area contributed by atoms with E-state index in [-0.39, 0.29) is 0 Å². The summed E-state index contributed by atoms with van der Waals surface area (Å²) in [6, 6.07) is 16.5. The van der Waals surface area contributed by atoms with E-state index in [2.05, 4.69) is 34.6 Å². The van der Waals surface area contributed by atoms with Gasteiger partial charge in [-0.2, -0.15) is 0 Å². The maximum absolute atomic E-state index is 5.12. The molecule has 0 spiro atoms. The average Bonchev–Trinajstić information content (AvgIpc) is 3.22. The van der Waals surface area contributed by atoms with Crippen LogP contribution >= 0.6 is 0 Å². The van der Waals surface area contributed by atoms with E-state index in [0.29, 0.717) is 6.01 Å². The molecule has 1 aliphatic rings. The van der Waals surface area contributed by atoms with Crippen molar-refractivity contribution < 1.29 is 4.42 Å². The van der Waals surface area contributed by atoms with E-state index in [9.17, 15) is 0 Å². The fraction of sp³-hybridized carbons (Fsp3) is 0.222. The zero-order valence-electron chi connectivity index (χ0n) is 13.3. The third-order valence-corrected chi connectivity index (χ3v) is 4.13. The molecule has 0 aliphatic carbocycles. The Hall–Kier alpha value is -3.02. The van der Waals surface area contributed by atoms with Gasteiger partial charge in [0, 0.05) is 12.1 Å². The Kier molecular flexibility index (Phi) is 3.57. The van der Waals surface area contributed by atoms with Crippen molar-refractivity contribution in [3.63, 3.8) is 0 Å². The van der Waals surface area contributed by atoms with E-state index in [1.165, 1.54) is 6.39 Å². The number of fused-ring (bicyclic) bond motifs is 1. The highest BCUT2D eigenvalue weighted by molar-refractivity contribution is 5.53. The molecule has 0 bridgehead atoms. The minimum atomic E-state index is -0.424. The van der Waals surface area contributed by atoms with Crippen molar-refractivity contribution >= 4 is 11.7 Å². The molecule has 6 heteroatoms.